The summed E-state index contributed by atoms with van der Waals surface area (Å²) in [5, 5.41) is 0. The van der Waals surface area contributed by atoms with Gasteiger partial charge < -0.3 is 4.74 Å². The minimum absolute atomic E-state index is 0.127. The molecule has 0 aliphatic carbocycles. The summed E-state index contributed by atoms with van der Waals surface area (Å²) in [6.07, 6.45) is 0. The number of nitrogens with zero attached hydrogens (tertiary/aromatic N) is 1. The van der Waals surface area contributed by atoms with Crippen LogP contribution in [0.25, 0.3) is 0 Å². The van der Waals surface area contributed by atoms with E-state index in [2.05, 4.69) is 4.74 Å². The second-order valence-electron chi connectivity index (χ2n) is 4.69. The number of aryl methyl sites for hydroxylation is 1. The van der Waals surface area contributed by atoms with Crippen LogP contribution in [0.2, 0.25) is 0 Å². The van der Waals surface area contributed by atoms with E-state index in [1.165, 1.54) is 19.2 Å². The van der Waals surface area contributed by atoms with E-state index in [-0.39, 0.29) is 11.4 Å². The van der Waals surface area contributed by atoms with Crippen molar-refractivity contribution in [1.82, 2.24) is 0 Å². The van der Waals surface area contributed by atoms with E-state index >= 15 is 0 Å². The lowest BCUT2D eigenvalue weighted by atomic mass is 10.2. The average Bonchev–Trinajstić information content (AvgIpc) is 2.54. The zero-order valence-electron chi connectivity index (χ0n) is 12.4. The Morgan fingerprint density at radius 1 is 1.05 bits per heavy atom. The quantitative estimate of drug-likeness (QED) is 0.794. The van der Waals surface area contributed by atoms with Crippen molar-refractivity contribution < 1.29 is 17.9 Å². The second-order valence-corrected chi connectivity index (χ2v) is 6.55. The fraction of sp³-hybridized carbons (Fsp3) is 0.188. The Bertz CT molecular complexity index is 757. The number of rotatable bonds is 5. The number of carbonyl (C=O) groups is 1. The highest BCUT2D eigenvalue weighted by Crippen LogP contribution is 2.26. The molecule has 0 aromatic heterocycles. The van der Waals surface area contributed by atoms with E-state index in [0.717, 1.165) is 9.87 Å². The van der Waals surface area contributed by atoms with Crippen LogP contribution in [0, 0.1) is 6.92 Å². The van der Waals surface area contributed by atoms with E-state index < -0.39 is 16.0 Å². The van der Waals surface area contributed by atoms with Crippen LogP contribution < -0.4 is 4.31 Å². The average molecular weight is 319 g/mol. The maximum Gasteiger partial charge on any atom is 0.326 e. The van der Waals surface area contributed by atoms with Crippen LogP contribution in [0.3, 0.4) is 0 Å². The SMILES string of the molecule is COC(=O)CN(c1ccccc1C)S(=O)(=O)c1ccccc1. The van der Waals surface area contributed by atoms with Crippen LogP contribution in [0.1, 0.15) is 5.56 Å². The molecular weight excluding hydrogens is 302 g/mol. The maximum absolute atomic E-state index is 12.9. The second kappa shape index (κ2) is 6.62. The van der Waals surface area contributed by atoms with Gasteiger partial charge in [0.2, 0.25) is 0 Å². The van der Waals surface area contributed by atoms with Crippen LogP contribution in [0.4, 0.5) is 5.69 Å². The van der Waals surface area contributed by atoms with Crippen molar-refractivity contribution in [1.29, 1.82) is 0 Å². The molecule has 0 saturated heterocycles. The van der Waals surface area contributed by atoms with Crippen molar-refractivity contribution in [2.75, 3.05) is 18.0 Å². The van der Waals surface area contributed by atoms with Crippen LogP contribution >= 0.6 is 0 Å². The molecule has 0 fully saturated rings. The molecule has 0 bridgehead atoms. The standard InChI is InChI=1S/C16H17NO4S/c1-13-8-6-7-11-15(13)17(12-16(18)21-2)22(19,20)14-9-4-3-5-10-14/h3-11H,12H2,1-2H3. The molecule has 0 atom stereocenters. The van der Waals surface area contributed by atoms with Crippen molar-refractivity contribution in [2.24, 2.45) is 0 Å². The number of carbonyl (C=O) groups excluding carboxylic acids is 1. The molecular formula is C16H17NO4S. The summed E-state index contributed by atoms with van der Waals surface area (Å²) in [4.78, 5) is 11.8. The smallest absolute Gasteiger partial charge is 0.326 e. The maximum atomic E-state index is 12.9. The van der Waals surface area contributed by atoms with Crippen molar-refractivity contribution >= 4 is 21.7 Å². The third kappa shape index (κ3) is 3.28. The van der Waals surface area contributed by atoms with Crippen LogP contribution in [0.15, 0.2) is 59.5 Å². The molecule has 6 heteroatoms. The summed E-state index contributed by atoms with van der Waals surface area (Å²) in [7, 11) is -2.62. The lowest BCUT2D eigenvalue weighted by molar-refractivity contribution is -0.138. The zero-order valence-corrected chi connectivity index (χ0v) is 13.2. The number of sulfonamides is 1. The van der Waals surface area contributed by atoms with Gasteiger partial charge in [-0.1, -0.05) is 36.4 Å². The fourth-order valence-corrected chi connectivity index (χ4v) is 3.54. The minimum Gasteiger partial charge on any atom is -0.468 e. The predicted molar refractivity (Wildman–Crippen MR) is 84.2 cm³/mol. The van der Waals surface area contributed by atoms with Gasteiger partial charge in [-0.2, -0.15) is 0 Å². The molecule has 116 valence electrons. The molecule has 2 aromatic carbocycles. The van der Waals surface area contributed by atoms with E-state index in [1.54, 1.807) is 43.3 Å². The first-order valence-electron chi connectivity index (χ1n) is 6.67. The molecule has 0 heterocycles. The van der Waals surface area contributed by atoms with Gasteiger partial charge in [0.1, 0.15) is 6.54 Å². The van der Waals surface area contributed by atoms with Crippen molar-refractivity contribution in [3.8, 4) is 0 Å². The molecule has 0 aliphatic heterocycles. The van der Waals surface area contributed by atoms with Crippen molar-refractivity contribution in [3.05, 3.63) is 60.2 Å². The molecule has 0 aliphatic rings. The number of hydrogen-bond acceptors (Lipinski definition) is 4. The van der Waals surface area contributed by atoms with E-state index in [0.29, 0.717) is 5.69 Å². The Morgan fingerprint density at radius 2 is 1.64 bits per heavy atom. The normalized spacial score (nSPS) is 11.0. The first kappa shape index (κ1) is 16.0. The lowest BCUT2D eigenvalue weighted by Gasteiger charge is -2.24. The number of benzene rings is 2. The largest absolute Gasteiger partial charge is 0.468 e. The van der Waals surface area contributed by atoms with Gasteiger partial charge in [-0.3, -0.25) is 9.10 Å². The number of para-hydroxylation sites is 1. The highest BCUT2D eigenvalue weighted by atomic mass is 32.2. The van der Waals surface area contributed by atoms with Gasteiger partial charge >= 0.3 is 5.97 Å². The predicted octanol–water partition coefficient (Wildman–Crippen LogP) is 2.36. The van der Waals surface area contributed by atoms with Crippen LogP contribution in [0.5, 0.6) is 0 Å². The lowest BCUT2D eigenvalue weighted by Crippen LogP contribution is -2.36. The molecule has 0 N–H and O–H groups in total. The number of anilines is 1. The topological polar surface area (TPSA) is 63.7 Å². The molecule has 0 unspecified atom stereocenters. The van der Waals surface area contributed by atoms with Gasteiger partial charge in [0.25, 0.3) is 10.0 Å². The summed E-state index contributed by atoms with van der Waals surface area (Å²) in [5.74, 6) is -0.622. The monoisotopic (exact) mass is 319 g/mol. The van der Waals surface area contributed by atoms with Gasteiger partial charge in [0.15, 0.2) is 0 Å². The first-order valence-corrected chi connectivity index (χ1v) is 8.11. The van der Waals surface area contributed by atoms with Gasteiger partial charge in [-0.25, -0.2) is 8.42 Å². The Hall–Kier alpha value is -2.34. The minimum atomic E-state index is -3.85. The summed E-state index contributed by atoms with van der Waals surface area (Å²) in [6, 6.07) is 15.0. The van der Waals surface area contributed by atoms with E-state index in [1.807, 2.05) is 6.07 Å². The number of esters is 1. The fourth-order valence-electron chi connectivity index (χ4n) is 2.04. The molecule has 0 spiro atoms. The van der Waals surface area contributed by atoms with Crippen molar-refractivity contribution in [3.63, 3.8) is 0 Å². The van der Waals surface area contributed by atoms with Crippen LogP contribution in [-0.2, 0) is 19.6 Å². The Kier molecular flexibility index (Phi) is 4.82. The third-order valence-corrected chi connectivity index (χ3v) is 4.99. The summed E-state index contributed by atoms with van der Waals surface area (Å²) in [5.41, 5.74) is 1.21. The summed E-state index contributed by atoms with van der Waals surface area (Å²) >= 11 is 0. The van der Waals surface area contributed by atoms with E-state index in [4.69, 9.17) is 0 Å². The zero-order chi connectivity index (χ0) is 16.2. The van der Waals surface area contributed by atoms with E-state index in [9.17, 15) is 13.2 Å². The molecule has 0 radical (unpaired) electrons. The molecule has 22 heavy (non-hydrogen) atoms. The summed E-state index contributed by atoms with van der Waals surface area (Å²) in [6.45, 7) is 1.42. The van der Waals surface area contributed by atoms with Crippen LogP contribution in [-0.4, -0.2) is 28.0 Å². The van der Waals surface area contributed by atoms with Gasteiger partial charge in [0.05, 0.1) is 17.7 Å². The molecule has 5 nitrogen and oxygen atoms in total. The highest BCUT2D eigenvalue weighted by molar-refractivity contribution is 7.92. The third-order valence-electron chi connectivity index (χ3n) is 3.22. The Balaban J connectivity index is 2.54. The molecule has 0 saturated carbocycles. The van der Waals surface area contributed by atoms with Gasteiger partial charge in [0, 0.05) is 0 Å². The summed E-state index contributed by atoms with van der Waals surface area (Å²) < 4.78 is 31.4. The number of hydrogen-bond donors (Lipinski definition) is 0. The van der Waals surface area contributed by atoms with Gasteiger partial charge in [-0.05, 0) is 30.7 Å². The molecule has 2 rings (SSSR count). The number of methoxy groups -OCH3 is 1. The Morgan fingerprint density at radius 3 is 2.23 bits per heavy atom. The first-order chi connectivity index (χ1) is 10.5. The van der Waals surface area contributed by atoms with Crippen molar-refractivity contribution in [2.45, 2.75) is 11.8 Å². The number of ether oxygens (including phenoxy) is 1. The molecule has 2 aromatic rings. The Labute approximate surface area is 130 Å². The highest BCUT2D eigenvalue weighted by Gasteiger charge is 2.28. The molecule has 0 amide bonds. The van der Waals surface area contributed by atoms with Gasteiger partial charge in [-0.15, -0.1) is 0 Å².